The topological polar surface area (TPSA) is 61.4 Å². The second kappa shape index (κ2) is 5.35. The first-order chi connectivity index (χ1) is 6.78. The second-order valence-electron chi connectivity index (χ2n) is 4.97. The maximum absolute atomic E-state index is 11.6. The lowest BCUT2D eigenvalue weighted by molar-refractivity contribution is 0.149. The number of carbonyl (C=O) groups excluding carboxylic acids is 1. The molecule has 15 heavy (non-hydrogen) atoms. The van der Waals surface area contributed by atoms with Gasteiger partial charge in [0.2, 0.25) is 0 Å². The molecule has 3 N–H and O–H groups in total. The Morgan fingerprint density at radius 1 is 1.13 bits per heavy atom. The van der Waals surface area contributed by atoms with Crippen molar-refractivity contribution in [3.63, 3.8) is 0 Å². The highest BCUT2D eigenvalue weighted by molar-refractivity contribution is 5.75. The summed E-state index contributed by atoms with van der Waals surface area (Å²) in [5, 5.41) is 14.9. The molecule has 0 aliphatic heterocycles. The summed E-state index contributed by atoms with van der Waals surface area (Å²) in [6, 6.07) is -0.222. The van der Waals surface area contributed by atoms with Gasteiger partial charge < -0.3 is 15.7 Å². The quantitative estimate of drug-likeness (QED) is 0.669. The summed E-state index contributed by atoms with van der Waals surface area (Å²) in [7, 11) is 0. The van der Waals surface area contributed by atoms with Gasteiger partial charge in [-0.05, 0) is 33.6 Å². The molecule has 0 heterocycles. The van der Waals surface area contributed by atoms with E-state index in [4.69, 9.17) is 0 Å². The number of rotatable bonds is 4. The lowest BCUT2D eigenvalue weighted by Crippen LogP contribution is -2.57. The van der Waals surface area contributed by atoms with E-state index in [0.717, 1.165) is 12.8 Å². The summed E-state index contributed by atoms with van der Waals surface area (Å²) in [4.78, 5) is 11.6. The number of hydrogen-bond donors (Lipinski definition) is 3. The summed E-state index contributed by atoms with van der Waals surface area (Å²) in [6.45, 7) is 9.65. The molecule has 2 amide bonds. The van der Waals surface area contributed by atoms with Crippen molar-refractivity contribution in [2.24, 2.45) is 0 Å². The largest absolute Gasteiger partial charge is 0.394 e. The molecule has 90 valence electrons. The summed E-state index contributed by atoms with van der Waals surface area (Å²) >= 11 is 0. The van der Waals surface area contributed by atoms with E-state index in [2.05, 4.69) is 10.6 Å². The van der Waals surface area contributed by atoms with E-state index in [9.17, 15) is 9.90 Å². The van der Waals surface area contributed by atoms with Crippen LogP contribution in [0, 0.1) is 0 Å². The zero-order valence-electron chi connectivity index (χ0n) is 10.5. The van der Waals surface area contributed by atoms with Crippen molar-refractivity contribution in [3.05, 3.63) is 0 Å². The minimum absolute atomic E-state index is 0.0302. The van der Waals surface area contributed by atoms with Crippen molar-refractivity contribution in [2.45, 2.75) is 58.5 Å². The van der Waals surface area contributed by atoms with Crippen LogP contribution in [0.1, 0.15) is 47.5 Å². The van der Waals surface area contributed by atoms with E-state index in [1.54, 1.807) is 0 Å². The third kappa shape index (κ3) is 5.02. The molecule has 0 aliphatic carbocycles. The van der Waals surface area contributed by atoms with Crippen LogP contribution in [0.5, 0.6) is 0 Å². The molecule has 0 unspecified atom stereocenters. The van der Waals surface area contributed by atoms with Gasteiger partial charge in [0.1, 0.15) is 0 Å². The first-order valence-corrected chi connectivity index (χ1v) is 5.50. The van der Waals surface area contributed by atoms with Gasteiger partial charge >= 0.3 is 6.03 Å². The molecule has 0 saturated heterocycles. The summed E-state index contributed by atoms with van der Waals surface area (Å²) in [5.41, 5.74) is -0.748. The van der Waals surface area contributed by atoms with Crippen LogP contribution in [0.15, 0.2) is 0 Å². The highest BCUT2D eigenvalue weighted by Crippen LogP contribution is 2.14. The van der Waals surface area contributed by atoms with E-state index in [0.29, 0.717) is 0 Å². The standard InChI is InChI=1S/C11H24N2O2/c1-6-11(7-2,8-14)13-9(15)12-10(3,4)5/h14H,6-8H2,1-5H3,(H2,12,13,15). The Labute approximate surface area is 92.4 Å². The van der Waals surface area contributed by atoms with Crippen LogP contribution in [0.3, 0.4) is 0 Å². The number of amides is 2. The lowest BCUT2D eigenvalue weighted by Gasteiger charge is -2.32. The van der Waals surface area contributed by atoms with Crippen LogP contribution in [-0.2, 0) is 0 Å². The van der Waals surface area contributed by atoms with Crippen molar-refractivity contribution >= 4 is 6.03 Å². The van der Waals surface area contributed by atoms with Crippen molar-refractivity contribution in [3.8, 4) is 0 Å². The maximum atomic E-state index is 11.6. The number of aliphatic hydroxyl groups is 1. The Hall–Kier alpha value is -0.770. The van der Waals surface area contributed by atoms with Crippen LogP contribution in [0.4, 0.5) is 4.79 Å². The van der Waals surface area contributed by atoms with Gasteiger partial charge in [0.15, 0.2) is 0 Å². The van der Waals surface area contributed by atoms with Gasteiger partial charge in [-0.1, -0.05) is 13.8 Å². The Kier molecular flexibility index (Phi) is 5.08. The monoisotopic (exact) mass is 216 g/mol. The van der Waals surface area contributed by atoms with Crippen molar-refractivity contribution in [2.75, 3.05) is 6.61 Å². The molecule has 0 saturated carbocycles. The molecule has 0 aliphatic rings. The van der Waals surface area contributed by atoms with Gasteiger partial charge in [-0.2, -0.15) is 0 Å². The predicted octanol–water partition coefficient (Wildman–Crippen LogP) is 1.64. The molecule has 0 bridgehead atoms. The number of hydrogen-bond acceptors (Lipinski definition) is 2. The summed E-state index contributed by atoms with van der Waals surface area (Å²) in [5.74, 6) is 0. The molecule has 0 aromatic rings. The van der Waals surface area contributed by atoms with Gasteiger partial charge in [0.05, 0.1) is 12.1 Å². The molecule has 0 rings (SSSR count). The molecular formula is C11H24N2O2. The SMILES string of the molecule is CCC(CC)(CO)NC(=O)NC(C)(C)C. The van der Waals surface area contributed by atoms with E-state index in [-0.39, 0.29) is 18.2 Å². The minimum Gasteiger partial charge on any atom is -0.394 e. The zero-order chi connectivity index (χ0) is 12.1. The average Bonchev–Trinajstić information content (AvgIpc) is 2.11. The number of urea groups is 1. The van der Waals surface area contributed by atoms with E-state index < -0.39 is 5.54 Å². The van der Waals surface area contributed by atoms with Crippen LogP contribution in [0.2, 0.25) is 0 Å². The molecule has 4 heteroatoms. The molecule has 0 radical (unpaired) electrons. The van der Waals surface area contributed by atoms with E-state index in [1.807, 2.05) is 34.6 Å². The fourth-order valence-corrected chi connectivity index (χ4v) is 1.30. The van der Waals surface area contributed by atoms with Crippen LogP contribution < -0.4 is 10.6 Å². The smallest absolute Gasteiger partial charge is 0.315 e. The highest BCUT2D eigenvalue weighted by Gasteiger charge is 2.28. The van der Waals surface area contributed by atoms with E-state index >= 15 is 0 Å². The first-order valence-electron chi connectivity index (χ1n) is 5.50. The third-order valence-electron chi connectivity index (χ3n) is 2.52. The van der Waals surface area contributed by atoms with Gasteiger partial charge in [-0.3, -0.25) is 0 Å². The molecule has 0 aromatic carbocycles. The molecule has 0 aromatic heterocycles. The first kappa shape index (κ1) is 14.2. The van der Waals surface area contributed by atoms with Crippen molar-refractivity contribution < 1.29 is 9.90 Å². The fourth-order valence-electron chi connectivity index (χ4n) is 1.30. The van der Waals surface area contributed by atoms with Gasteiger partial charge in [-0.15, -0.1) is 0 Å². The lowest BCUT2D eigenvalue weighted by atomic mass is 9.94. The number of aliphatic hydroxyl groups excluding tert-OH is 1. The normalized spacial score (nSPS) is 12.4. The zero-order valence-corrected chi connectivity index (χ0v) is 10.5. The fraction of sp³-hybridized carbons (Fsp3) is 0.909. The van der Waals surface area contributed by atoms with Crippen LogP contribution in [0.25, 0.3) is 0 Å². The number of carbonyl (C=O) groups is 1. The van der Waals surface area contributed by atoms with Crippen LogP contribution in [-0.4, -0.2) is 28.8 Å². The number of nitrogens with one attached hydrogen (secondary N) is 2. The van der Waals surface area contributed by atoms with Gasteiger partial charge in [0.25, 0.3) is 0 Å². The minimum atomic E-state index is -0.491. The second-order valence-corrected chi connectivity index (χ2v) is 4.97. The summed E-state index contributed by atoms with van der Waals surface area (Å²) < 4.78 is 0. The third-order valence-corrected chi connectivity index (χ3v) is 2.52. The van der Waals surface area contributed by atoms with E-state index in [1.165, 1.54) is 0 Å². The molecule has 0 fully saturated rings. The molecule has 0 atom stereocenters. The predicted molar refractivity (Wildman–Crippen MR) is 61.8 cm³/mol. The Morgan fingerprint density at radius 3 is 1.87 bits per heavy atom. The average molecular weight is 216 g/mol. The van der Waals surface area contributed by atoms with Crippen molar-refractivity contribution in [1.29, 1.82) is 0 Å². The highest BCUT2D eigenvalue weighted by atomic mass is 16.3. The Bertz CT molecular complexity index is 197. The van der Waals surface area contributed by atoms with Crippen molar-refractivity contribution in [1.82, 2.24) is 10.6 Å². The summed E-state index contributed by atoms with van der Waals surface area (Å²) in [6.07, 6.45) is 1.44. The molecule has 0 spiro atoms. The van der Waals surface area contributed by atoms with Crippen LogP contribution >= 0.6 is 0 Å². The Balaban J connectivity index is 4.36. The Morgan fingerprint density at radius 2 is 1.60 bits per heavy atom. The maximum Gasteiger partial charge on any atom is 0.315 e. The molecular weight excluding hydrogens is 192 g/mol. The van der Waals surface area contributed by atoms with Gasteiger partial charge in [0, 0.05) is 5.54 Å². The van der Waals surface area contributed by atoms with Gasteiger partial charge in [-0.25, -0.2) is 4.79 Å². The molecule has 4 nitrogen and oxygen atoms in total.